The lowest BCUT2D eigenvalue weighted by atomic mass is 9.73. The van der Waals surface area contributed by atoms with Crippen LogP contribution in [0.2, 0.25) is 0 Å². The summed E-state index contributed by atoms with van der Waals surface area (Å²) in [5.74, 6) is 0.163. The van der Waals surface area contributed by atoms with E-state index in [1.807, 2.05) is 0 Å². The van der Waals surface area contributed by atoms with Gasteiger partial charge in [0.15, 0.2) is 0 Å². The van der Waals surface area contributed by atoms with Crippen molar-refractivity contribution in [2.45, 2.75) is 84.7 Å². The summed E-state index contributed by atoms with van der Waals surface area (Å²) < 4.78 is 0. The second kappa shape index (κ2) is 6.40. The van der Waals surface area contributed by atoms with Gasteiger partial charge in [0.25, 0.3) is 5.91 Å². The van der Waals surface area contributed by atoms with Gasteiger partial charge in [-0.1, -0.05) is 52.7 Å². The fourth-order valence-electron chi connectivity index (χ4n) is 4.47. The molecule has 3 rings (SSSR count). The molecule has 1 aromatic carbocycles. The van der Waals surface area contributed by atoms with Crippen LogP contribution in [0.25, 0.3) is 0 Å². The summed E-state index contributed by atoms with van der Waals surface area (Å²) in [6.45, 7) is 13.2. The second-order valence-electron chi connectivity index (χ2n) is 9.28. The lowest BCUT2D eigenvalue weighted by Crippen LogP contribution is -2.53. The average Bonchev–Trinajstić information content (AvgIpc) is 2.77. The summed E-state index contributed by atoms with van der Waals surface area (Å²) in [5.41, 5.74) is 4.06. The predicted molar refractivity (Wildman–Crippen MR) is 104 cm³/mol. The number of aryl methyl sites for hydroxylation is 2. The Morgan fingerprint density at radius 3 is 2.31 bits per heavy atom. The number of rotatable bonds is 2. The number of urea groups is 1. The van der Waals surface area contributed by atoms with E-state index in [4.69, 9.17) is 0 Å². The molecule has 1 N–H and O–H groups in total. The third-order valence-corrected chi connectivity index (χ3v) is 6.38. The van der Waals surface area contributed by atoms with Crippen LogP contribution in [0.3, 0.4) is 0 Å². The highest BCUT2D eigenvalue weighted by Gasteiger charge is 2.54. The molecule has 4 nitrogen and oxygen atoms in total. The Morgan fingerprint density at radius 2 is 1.77 bits per heavy atom. The first-order valence-electron chi connectivity index (χ1n) is 9.81. The van der Waals surface area contributed by atoms with E-state index in [1.54, 1.807) is 0 Å². The first-order chi connectivity index (χ1) is 12.1. The van der Waals surface area contributed by atoms with Crippen LogP contribution in [0.4, 0.5) is 4.79 Å². The molecule has 0 unspecified atom stereocenters. The molecule has 1 saturated carbocycles. The van der Waals surface area contributed by atoms with Crippen molar-refractivity contribution in [2.75, 3.05) is 0 Å². The Morgan fingerprint density at radius 1 is 1.15 bits per heavy atom. The molecule has 3 amide bonds. The Bertz CT molecular complexity index is 724. The fourth-order valence-corrected chi connectivity index (χ4v) is 4.47. The molecule has 2 aliphatic rings. The average molecular weight is 357 g/mol. The topological polar surface area (TPSA) is 49.4 Å². The monoisotopic (exact) mass is 356 g/mol. The van der Waals surface area contributed by atoms with Gasteiger partial charge >= 0.3 is 6.03 Å². The molecule has 26 heavy (non-hydrogen) atoms. The molecule has 1 aromatic rings. The molecule has 0 bridgehead atoms. The second-order valence-corrected chi connectivity index (χ2v) is 9.28. The van der Waals surface area contributed by atoms with E-state index in [0.29, 0.717) is 6.54 Å². The molecule has 0 radical (unpaired) electrons. The van der Waals surface area contributed by atoms with Gasteiger partial charge in [-0.2, -0.15) is 0 Å². The highest BCUT2D eigenvalue weighted by Crippen LogP contribution is 2.39. The predicted octanol–water partition coefficient (Wildman–Crippen LogP) is 4.60. The minimum atomic E-state index is -0.678. The number of amides is 3. The number of carbonyl (C=O) groups is 2. The maximum Gasteiger partial charge on any atom is 0.325 e. The largest absolute Gasteiger partial charge is 0.325 e. The van der Waals surface area contributed by atoms with E-state index in [-0.39, 0.29) is 23.3 Å². The highest BCUT2D eigenvalue weighted by molar-refractivity contribution is 6.07. The molecule has 1 saturated heterocycles. The SMILES string of the molecule is Cc1cc(C(C)(C)C)cc(C)c1CN1C(=O)N[C@]2(CCCC[C@H]2C)C1=O. The molecule has 2 fully saturated rings. The van der Waals surface area contributed by atoms with Crippen LogP contribution in [0, 0.1) is 19.8 Å². The molecular formula is C22H32N2O2. The molecule has 1 aliphatic carbocycles. The Labute approximate surface area is 157 Å². The summed E-state index contributed by atoms with van der Waals surface area (Å²) in [6, 6.07) is 4.15. The van der Waals surface area contributed by atoms with Crippen molar-refractivity contribution < 1.29 is 9.59 Å². The van der Waals surface area contributed by atoms with E-state index in [1.165, 1.54) is 10.5 Å². The normalized spacial score (nSPS) is 26.5. The van der Waals surface area contributed by atoms with Crippen LogP contribution in [0.5, 0.6) is 0 Å². The number of nitrogens with zero attached hydrogens (tertiary/aromatic N) is 1. The lowest BCUT2D eigenvalue weighted by molar-refractivity contribution is -0.134. The third kappa shape index (κ3) is 3.04. The zero-order valence-corrected chi connectivity index (χ0v) is 17.0. The molecular weight excluding hydrogens is 324 g/mol. The van der Waals surface area contributed by atoms with E-state index in [9.17, 15) is 9.59 Å². The van der Waals surface area contributed by atoms with E-state index in [2.05, 4.69) is 59.0 Å². The van der Waals surface area contributed by atoms with Crippen molar-refractivity contribution >= 4 is 11.9 Å². The minimum absolute atomic E-state index is 0.0339. The van der Waals surface area contributed by atoms with Crippen molar-refractivity contribution in [2.24, 2.45) is 5.92 Å². The van der Waals surface area contributed by atoms with Crippen LogP contribution in [-0.2, 0) is 16.8 Å². The van der Waals surface area contributed by atoms with E-state index in [0.717, 1.165) is 42.4 Å². The Balaban J connectivity index is 1.90. The van der Waals surface area contributed by atoms with Gasteiger partial charge < -0.3 is 5.32 Å². The Hall–Kier alpha value is -1.84. The number of carbonyl (C=O) groups excluding carboxylic acids is 2. The summed E-state index contributed by atoms with van der Waals surface area (Å²) in [7, 11) is 0. The number of hydrogen-bond acceptors (Lipinski definition) is 2. The smallest absolute Gasteiger partial charge is 0.323 e. The first-order valence-corrected chi connectivity index (χ1v) is 9.81. The summed E-state index contributed by atoms with van der Waals surface area (Å²) in [6.07, 6.45) is 3.90. The lowest BCUT2D eigenvalue weighted by Gasteiger charge is -2.36. The van der Waals surface area contributed by atoms with E-state index < -0.39 is 5.54 Å². The van der Waals surface area contributed by atoms with Gasteiger partial charge in [-0.3, -0.25) is 9.69 Å². The van der Waals surface area contributed by atoms with Gasteiger partial charge in [0, 0.05) is 0 Å². The number of benzene rings is 1. The van der Waals surface area contributed by atoms with Gasteiger partial charge in [-0.05, 0) is 60.3 Å². The van der Waals surface area contributed by atoms with Gasteiger partial charge in [0.1, 0.15) is 5.54 Å². The molecule has 1 aliphatic heterocycles. The highest BCUT2D eigenvalue weighted by atomic mass is 16.2. The van der Waals surface area contributed by atoms with Gasteiger partial charge in [0.2, 0.25) is 0 Å². The molecule has 4 heteroatoms. The molecule has 142 valence electrons. The van der Waals surface area contributed by atoms with Crippen molar-refractivity contribution in [3.05, 3.63) is 34.4 Å². The summed E-state index contributed by atoms with van der Waals surface area (Å²) in [5, 5.41) is 3.05. The summed E-state index contributed by atoms with van der Waals surface area (Å²) in [4.78, 5) is 27.3. The zero-order valence-electron chi connectivity index (χ0n) is 17.0. The standard InChI is InChI=1S/C22H32N2O2/c1-14-11-17(21(4,5)6)12-15(2)18(14)13-24-19(25)22(23-20(24)26)10-8-7-9-16(22)3/h11-12,16H,7-10,13H2,1-6H3,(H,23,26)/t16-,22+/m1/s1. The minimum Gasteiger partial charge on any atom is -0.323 e. The Kier molecular flexibility index (Phi) is 4.66. The van der Waals surface area contributed by atoms with E-state index >= 15 is 0 Å². The maximum atomic E-state index is 13.2. The van der Waals surface area contributed by atoms with Crippen LogP contribution < -0.4 is 5.32 Å². The first kappa shape index (κ1) is 18.9. The van der Waals surface area contributed by atoms with Crippen molar-refractivity contribution in [3.63, 3.8) is 0 Å². The molecule has 1 spiro atoms. The van der Waals surface area contributed by atoms with Crippen LogP contribution in [-0.4, -0.2) is 22.4 Å². The number of hydrogen-bond donors (Lipinski definition) is 1. The zero-order chi connectivity index (χ0) is 19.3. The van der Waals surface area contributed by atoms with Gasteiger partial charge in [-0.15, -0.1) is 0 Å². The third-order valence-electron chi connectivity index (χ3n) is 6.38. The molecule has 0 aromatic heterocycles. The van der Waals surface area contributed by atoms with Crippen molar-refractivity contribution in [3.8, 4) is 0 Å². The maximum absolute atomic E-state index is 13.2. The van der Waals surface area contributed by atoms with Crippen molar-refractivity contribution in [1.82, 2.24) is 10.2 Å². The van der Waals surface area contributed by atoms with Crippen LogP contribution >= 0.6 is 0 Å². The van der Waals surface area contributed by atoms with Gasteiger partial charge in [0.05, 0.1) is 6.54 Å². The summed E-state index contributed by atoms with van der Waals surface area (Å²) >= 11 is 0. The molecule has 1 heterocycles. The fraction of sp³-hybridized carbons (Fsp3) is 0.636. The van der Waals surface area contributed by atoms with Crippen LogP contribution in [0.15, 0.2) is 12.1 Å². The van der Waals surface area contributed by atoms with Crippen LogP contribution in [0.1, 0.15) is 75.6 Å². The molecule has 2 atom stereocenters. The number of nitrogens with one attached hydrogen (secondary N) is 1. The van der Waals surface area contributed by atoms with Crippen molar-refractivity contribution in [1.29, 1.82) is 0 Å². The number of imide groups is 1. The quantitative estimate of drug-likeness (QED) is 0.787. The van der Waals surface area contributed by atoms with Gasteiger partial charge in [-0.25, -0.2) is 4.79 Å².